The van der Waals surface area contributed by atoms with Gasteiger partial charge in [0.2, 0.25) is 0 Å². The molecule has 0 unspecified atom stereocenters. The van der Waals surface area contributed by atoms with Crippen molar-refractivity contribution in [1.82, 2.24) is 0 Å². The summed E-state index contributed by atoms with van der Waals surface area (Å²) in [6.45, 7) is 9.71. The third-order valence-electron chi connectivity index (χ3n) is 2.46. The van der Waals surface area contributed by atoms with Crippen LogP contribution in [0.1, 0.15) is 27.2 Å². The molecule has 0 saturated carbocycles. The maximum Gasteiger partial charge on any atom is 0.501 e. The zero-order valence-electron chi connectivity index (χ0n) is 13.3. The number of methoxy groups -OCH3 is 1. The van der Waals surface area contributed by atoms with Crippen molar-refractivity contribution in [3.8, 4) is 0 Å². The summed E-state index contributed by atoms with van der Waals surface area (Å²) < 4.78 is 32.8. The Morgan fingerprint density at radius 1 is 0.750 bits per heavy atom. The van der Waals surface area contributed by atoms with E-state index in [4.69, 9.17) is 27.5 Å². The van der Waals surface area contributed by atoms with Gasteiger partial charge in [-0.1, -0.05) is 0 Å². The first-order valence-corrected chi connectivity index (χ1v) is 9.24. The van der Waals surface area contributed by atoms with E-state index in [0.717, 1.165) is 12.5 Å². The van der Waals surface area contributed by atoms with E-state index in [-0.39, 0.29) is 6.79 Å². The molecular formula is C13H30O6Si. The first kappa shape index (κ1) is 20.0. The van der Waals surface area contributed by atoms with Gasteiger partial charge in [0.05, 0.1) is 13.2 Å². The van der Waals surface area contributed by atoms with E-state index in [1.807, 2.05) is 20.8 Å². The predicted molar refractivity (Wildman–Crippen MR) is 78.7 cm³/mol. The van der Waals surface area contributed by atoms with E-state index in [2.05, 4.69) is 0 Å². The predicted octanol–water partition coefficient (Wildman–Crippen LogP) is 2.06. The molecule has 0 rings (SSSR count). The van der Waals surface area contributed by atoms with Crippen LogP contribution >= 0.6 is 0 Å². The van der Waals surface area contributed by atoms with E-state index in [1.165, 1.54) is 0 Å². The number of ether oxygens (including phenoxy) is 3. The Bertz CT molecular complexity index is 188. The molecule has 0 aliphatic heterocycles. The van der Waals surface area contributed by atoms with E-state index >= 15 is 0 Å². The summed E-state index contributed by atoms with van der Waals surface area (Å²) in [5, 5.41) is 0. The molecule has 0 N–H and O–H groups in total. The van der Waals surface area contributed by atoms with Crippen LogP contribution in [0.3, 0.4) is 0 Å². The molecule has 0 aromatic heterocycles. The van der Waals surface area contributed by atoms with Gasteiger partial charge in [-0.3, -0.25) is 0 Å². The van der Waals surface area contributed by atoms with Crippen LogP contribution in [-0.2, 0) is 27.5 Å². The van der Waals surface area contributed by atoms with Gasteiger partial charge in [0, 0.05) is 39.6 Å². The van der Waals surface area contributed by atoms with Crippen molar-refractivity contribution < 1.29 is 27.5 Å². The summed E-state index contributed by atoms with van der Waals surface area (Å²) >= 11 is 0. The molecule has 0 heterocycles. The maximum atomic E-state index is 5.76. The molecule has 6 nitrogen and oxygen atoms in total. The highest BCUT2D eigenvalue weighted by Crippen LogP contribution is 2.18. The Hall–Kier alpha value is -0.0231. The van der Waals surface area contributed by atoms with Crippen LogP contribution in [0.25, 0.3) is 0 Å². The van der Waals surface area contributed by atoms with Gasteiger partial charge in [-0.05, 0) is 27.2 Å². The van der Waals surface area contributed by atoms with Crippen molar-refractivity contribution >= 4 is 8.80 Å². The molecule has 20 heavy (non-hydrogen) atoms. The number of hydrogen-bond donors (Lipinski definition) is 0. The summed E-state index contributed by atoms with van der Waals surface area (Å²) in [5.74, 6) is 0. The quantitative estimate of drug-likeness (QED) is 0.262. The van der Waals surface area contributed by atoms with Crippen molar-refractivity contribution in [2.45, 2.75) is 33.2 Å². The molecule has 0 aromatic carbocycles. The van der Waals surface area contributed by atoms with Crippen LogP contribution in [0.15, 0.2) is 0 Å². The summed E-state index contributed by atoms with van der Waals surface area (Å²) in [6.07, 6.45) is 0.833. The standard InChI is InChI=1S/C13H30O6Si/c1-5-17-20(18-6-2,19-7-3)12-8-9-15-13-16-11-10-14-4/h5-13H2,1-4H3. The molecule has 0 radical (unpaired) electrons. The molecule has 122 valence electrons. The van der Waals surface area contributed by atoms with Gasteiger partial charge in [-0.2, -0.15) is 0 Å². The van der Waals surface area contributed by atoms with Crippen molar-refractivity contribution in [1.29, 1.82) is 0 Å². The summed E-state index contributed by atoms with van der Waals surface area (Å²) in [5.41, 5.74) is 0. The largest absolute Gasteiger partial charge is 0.501 e. The van der Waals surface area contributed by atoms with E-state index in [0.29, 0.717) is 39.6 Å². The van der Waals surface area contributed by atoms with E-state index in [9.17, 15) is 0 Å². The molecule has 7 heteroatoms. The molecule has 0 amide bonds. The zero-order valence-corrected chi connectivity index (χ0v) is 14.3. The Kier molecular flexibility index (Phi) is 13.9. The molecule has 0 aliphatic rings. The van der Waals surface area contributed by atoms with Crippen LogP contribution in [0.4, 0.5) is 0 Å². The summed E-state index contributed by atoms with van der Waals surface area (Å²) in [4.78, 5) is 0. The maximum absolute atomic E-state index is 5.76. The first-order valence-electron chi connectivity index (χ1n) is 7.30. The van der Waals surface area contributed by atoms with Crippen LogP contribution in [0.5, 0.6) is 0 Å². The van der Waals surface area contributed by atoms with Gasteiger partial charge < -0.3 is 27.5 Å². The topological polar surface area (TPSA) is 55.4 Å². The smallest absolute Gasteiger partial charge is 0.382 e. The lowest BCUT2D eigenvalue weighted by atomic mass is 10.5. The highest BCUT2D eigenvalue weighted by molar-refractivity contribution is 6.60. The highest BCUT2D eigenvalue weighted by Gasteiger charge is 2.39. The summed E-state index contributed by atoms with van der Waals surface area (Å²) in [7, 11) is -0.875. The molecule has 0 atom stereocenters. The van der Waals surface area contributed by atoms with Gasteiger partial charge in [-0.15, -0.1) is 0 Å². The average Bonchev–Trinajstić information content (AvgIpc) is 2.43. The SMILES string of the molecule is CCO[Si](CCCOCOCCOC)(OCC)OCC. The van der Waals surface area contributed by atoms with Gasteiger partial charge in [-0.25, -0.2) is 0 Å². The van der Waals surface area contributed by atoms with Crippen LogP contribution in [0.2, 0.25) is 6.04 Å². The molecule has 0 aliphatic carbocycles. The second kappa shape index (κ2) is 13.9. The monoisotopic (exact) mass is 310 g/mol. The minimum atomic E-state index is -2.52. The fourth-order valence-corrected chi connectivity index (χ4v) is 4.29. The minimum Gasteiger partial charge on any atom is -0.382 e. The fourth-order valence-electron chi connectivity index (χ4n) is 1.71. The van der Waals surface area contributed by atoms with Gasteiger partial charge in [0.15, 0.2) is 0 Å². The molecule has 0 bridgehead atoms. The van der Waals surface area contributed by atoms with Crippen LogP contribution in [-0.4, -0.2) is 62.3 Å². The molecule has 0 fully saturated rings. The number of rotatable bonds is 15. The lowest BCUT2D eigenvalue weighted by Gasteiger charge is -2.28. The van der Waals surface area contributed by atoms with Gasteiger partial charge in [0.25, 0.3) is 0 Å². The van der Waals surface area contributed by atoms with Crippen molar-refractivity contribution in [2.75, 3.05) is 53.5 Å². The normalized spacial score (nSPS) is 12.0. The molecule has 0 aromatic rings. The van der Waals surface area contributed by atoms with Crippen molar-refractivity contribution in [3.63, 3.8) is 0 Å². The average molecular weight is 310 g/mol. The third-order valence-corrected chi connectivity index (χ3v) is 5.61. The van der Waals surface area contributed by atoms with Crippen molar-refractivity contribution in [2.24, 2.45) is 0 Å². The van der Waals surface area contributed by atoms with Crippen LogP contribution < -0.4 is 0 Å². The Balaban J connectivity index is 3.82. The molecule has 0 spiro atoms. The second-order valence-corrected chi connectivity index (χ2v) is 6.74. The molecular weight excluding hydrogens is 280 g/mol. The minimum absolute atomic E-state index is 0.288. The zero-order chi connectivity index (χ0) is 15.1. The van der Waals surface area contributed by atoms with E-state index < -0.39 is 8.80 Å². The Morgan fingerprint density at radius 3 is 1.80 bits per heavy atom. The summed E-state index contributed by atoms with van der Waals surface area (Å²) in [6, 6.07) is 0.764. The fraction of sp³-hybridized carbons (Fsp3) is 1.00. The van der Waals surface area contributed by atoms with Crippen molar-refractivity contribution in [3.05, 3.63) is 0 Å². The Labute approximate surface area is 124 Å². The van der Waals surface area contributed by atoms with Gasteiger partial charge in [0.1, 0.15) is 6.79 Å². The highest BCUT2D eigenvalue weighted by atomic mass is 28.4. The van der Waals surface area contributed by atoms with Gasteiger partial charge >= 0.3 is 8.80 Å². The Morgan fingerprint density at radius 2 is 1.30 bits per heavy atom. The lowest BCUT2D eigenvalue weighted by molar-refractivity contribution is -0.0661. The molecule has 0 saturated heterocycles. The lowest BCUT2D eigenvalue weighted by Crippen LogP contribution is -2.46. The first-order chi connectivity index (χ1) is 9.74. The second-order valence-electron chi connectivity index (χ2n) is 4.01. The number of hydrogen-bond acceptors (Lipinski definition) is 6. The van der Waals surface area contributed by atoms with Crippen LogP contribution in [0, 0.1) is 0 Å². The third kappa shape index (κ3) is 9.81. The van der Waals surface area contributed by atoms with E-state index in [1.54, 1.807) is 7.11 Å².